The molecular formula is C10H18N4O2. The Morgan fingerprint density at radius 3 is 1.75 bits per heavy atom. The smallest absolute Gasteiger partial charge is 0.289 e. The molecule has 0 aromatic carbocycles. The number of rotatable bonds is 2. The van der Waals surface area contributed by atoms with Crippen LogP contribution in [0.4, 0.5) is 0 Å². The highest BCUT2D eigenvalue weighted by atomic mass is 16.5. The largest absolute Gasteiger partial charge is 0.465 e. The summed E-state index contributed by atoms with van der Waals surface area (Å²) in [6.07, 6.45) is 0. The molecule has 0 atom stereocenters. The fourth-order valence-electron chi connectivity index (χ4n) is 1.81. The molecular weight excluding hydrogens is 208 g/mol. The first kappa shape index (κ1) is 11.0. The van der Waals surface area contributed by atoms with Crippen LogP contribution in [-0.2, 0) is 9.47 Å². The van der Waals surface area contributed by atoms with E-state index in [0.717, 1.165) is 0 Å². The molecule has 0 bridgehead atoms. The van der Waals surface area contributed by atoms with Crippen LogP contribution >= 0.6 is 0 Å². The van der Waals surface area contributed by atoms with Gasteiger partial charge in [-0.05, 0) is 27.7 Å². The molecule has 0 aromatic heterocycles. The van der Waals surface area contributed by atoms with Crippen molar-refractivity contribution in [3.05, 3.63) is 0 Å². The molecule has 0 radical (unpaired) electrons. The summed E-state index contributed by atoms with van der Waals surface area (Å²) in [7, 11) is 0. The van der Waals surface area contributed by atoms with Crippen molar-refractivity contribution >= 4 is 12.0 Å². The van der Waals surface area contributed by atoms with Crippen molar-refractivity contribution in [2.45, 2.75) is 39.0 Å². The van der Waals surface area contributed by atoms with E-state index in [0.29, 0.717) is 25.3 Å². The highest BCUT2D eigenvalue weighted by Crippen LogP contribution is 2.34. The third-order valence-corrected chi connectivity index (χ3v) is 2.86. The standard InChI is InChI=1S/C10H18N4O2/c1-5-15-7-11-9(3)10(4,12-7)14-8(13-9)16-6-2/h5-6H2,1-4H3,(H,11,12)(H,13,14). The summed E-state index contributed by atoms with van der Waals surface area (Å²) in [6, 6.07) is 1.05. The van der Waals surface area contributed by atoms with Crippen molar-refractivity contribution in [1.82, 2.24) is 10.6 Å². The Morgan fingerprint density at radius 2 is 1.44 bits per heavy atom. The van der Waals surface area contributed by atoms with Crippen molar-refractivity contribution in [3.63, 3.8) is 0 Å². The molecule has 2 aliphatic heterocycles. The molecule has 16 heavy (non-hydrogen) atoms. The van der Waals surface area contributed by atoms with E-state index in [1.807, 2.05) is 27.7 Å². The van der Waals surface area contributed by atoms with Gasteiger partial charge in [-0.15, -0.1) is 0 Å². The molecule has 0 saturated heterocycles. The first-order chi connectivity index (χ1) is 7.53. The maximum absolute atomic E-state index is 5.35. The molecule has 2 heterocycles. The Labute approximate surface area is 95.1 Å². The SMILES string of the molecule is CCOC1=NC2(C)N=C(OCC)NC2(C)N1. The van der Waals surface area contributed by atoms with Gasteiger partial charge in [-0.25, -0.2) is 9.98 Å². The monoisotopic (exact) mass is 226 g/mol. The van der Waals surface area contributed by atoms with Crippen molar-refractivity contribution in [3.8, 4) is 0 Å². The summed E-state index contributed by atoms with van der Waals surface area (Å²) >= 11 is 0. The highest BCUT2D eigenvalue weighted by molar-refractivity contribution is 5.85. The summed E-state index contributed by atoms with van der Waals surface area (Å²) in [5, 5.41) is 6.36. The second kappa shape index (κ2) is 3.54. The van der Waals surface area contributed by atoms with Gasteiger partial charge in [0, 0.05) is 0 Å². The minimum absolute atomic E-state index is 0.470. The molecule has 0 unspecified atom stereocenters. The molecule has 2 N–H and O–H groups in total. The van der Waals surface area contributed by atoms with Crippen molar-refractivity contribution in [2.24, 2.45) is 9.98 Å². The number of hydrogen-bond acceptors (Lipinski definition) is 6. The normalized spacial score (nSPS) is 35.8. The molecule has 0 aromatic rings. The molecule has 0 aliphatic carbocycles. The summed E-state index contributed by atoms with van der Waals surface area (Å²) in [5.41, 5.74) is -1.08. The van der Waals surface area contributed by atoms with Crippen LogP contribution in [0.5, 0.6) is 0 Å². The maximum atomic E-state index is 5.35. The highest BCUT2D eigenvalue weighted by Gasteiger charge is 2.56. The van der Waals surface area contributed by atoms with Crippen molar-refractivity contribution in [2.75, 3.05) is 13.2 Å². The number of nitrogens with zero attached hydrogens (tertiary/aromatic N) is 2. The lowest BCUT2D eigenvalue weighted by Crippen LogP contribution is -2.60. The first-order valence-electron chi connectivity index (χ1n) is 5.54. The van der Waals surface area contributed by atoms with Gasteiger partial charge in [-0.3, -0.25) is 0 Å². The molecule has 0 amide bonds. The molecule has 6 heteroatoms. The zero-order valence-electron chi connectivity index (χ0n) is 10.1. The predicted molar refractivity (Wildman–Crippen MR) is 61.2 cm³/mol. The number of aliphatic imine (C=N–C) groups is 2. The molecule has 0 saturated carbocycles. The molecule has 2 rings (SSSR count). The van der Waals surface area contributed by atoms with E-state index in [9.17, 15) is 0 Å². The second-order valence-electron chi connectivity index (χ2n) is 4.10. The van der Waals surface area contributed by atoms with Crippen LogP contribution in [0.3, 0.4) is 0 Å². The molecule has 2 aliphatic rings. The van der Waals surface area contributed by atoms with Gasteiger partial charge in [0.05, 0.1) is 13.2 Å². The first-order valence-corrected chi connectivity index (χ1v) is 5.54. The average Bonchev–Trinajstić information content (AvgIpc) is 2.50. The number of ether oxygens (including phenoxy) is 2. The minimum Gasteiger partial charge on any atom is -0.465 e. The van der Waals surface area contributed by atoms with E-state index < -0.39 is 11.3 Å². The van der Waals surface area contributed by atoms with Crippen LogP contribution in [0.2, 0.25) is 0 Å². The minimum atomic E-state index is -0.609. The predicted octanol–water partition coefficient (Wildman–Crippen LogP) is 0.410. The lowest BCUT2D eigenvalue weighted by molar-refractivity contribution is 0.250. The van der Waals surface area contributed by atoms with Gasteiger partial charge in [0.15, 0.2) is 11.3 Å². The van der Waals surface area contributed by atoms with Gasteiger partial charge in [-0.2, -0.15) is 0 Å². The quantitative estimate of drug-likeness (QED) is 0.715. The van der Waals surface area contributed by atoms with Crippen LogP contribution < -0.4 is 10.6 Å². The summed E-state index contributed by atoms with van der Waals surface area (Å²) in [5.74, 6) is 0. The van der Waals surface area contributed by atoms with E-state index in [-0.39, 0.29) is 0 Å². The molecule has 90 valence electrons. The Balaban J connectivity index is 2.21. The van der Waals surface area contributed by atoms with E-state index in [1.54, 1.807) is 0 Å². The van der Waals surface area contributed by atoms with Crippen LogP contribution in [0.1, 0.15) is 27.7 Å². The van der Waals surface area contributed by atoms with Crippen LogP contribution in [-0.4, -0.2) is 36.6 Å². The Kier molecular flexibility index (Phi) is 2.44. The molecule has 0 spiro atoms. The van der Waals surface area contributed by atoms with Crippen LogP contribution in [0, 0.1) is 0 Å². The third-order valence-electron chi connectivity index (χ3n) is 2.86. The Hall–Kier alpha value is -1.46. The second-order valence-corrected chi connectivity index (χ2v) is 4.10. The zero-order valence-corrected chi connectivity index (χ0v) is 10.1. The van der Waals surface area contributed by atoms with E-state index in [4.69, 9.17) is 9.47 Å². The van der Waals surface area contributed by atoms with E-state index >= 15 is 0 Å². The zero-order chi connectivity index (χ0) is 11.8. The molecule has 6 nitrogen and oxygen atoms in total. The van der Waals surface area contributed by atoms with Crippen molar-refractivity contribution in [1.29, 1.82) is 0 Å². The van der Waals surface area contributed by atoms with E-state index in [2.05, 4.69) is 20.6 Å². The van der Waals surface area contributed by atoms with Gasteiger partial charge in [-0.1, -0.05) is 0 Å². The summed E-state index contributed by atoms with van der Waals surface area (Å²) in [4.78, 5) is 8.86. The average molecular weight is 226 g/mol. The van der Waals surface area contributed by atoms with Crippen molar-refractivity contribution < 1.29 is 9.47 Å². The van der Waals surface area contributed by atoms with Crippen LogP contribution in [0.25, 0.3) is 0 Å². The summed E-state index contributed by atoms with van der Waals surface area (Å²) < 4.78 is 10.7. The lowest BCUT2D eigenvalue weighted by atomic mass is 10.0. The number of hydrogen-bond donors (Lipinski definition) is 2. The number of nitrogens with one attached hydrogen (secondary N) is 2. The van der Waals surface area contributed by atoms with Gasteiger partial charge in [0.2, 0.25) is 0 Å². The fourth-order valence-corrected chi connectivity index (χ4v) is 1.81. The fraction of sp³-hybridized carbons (Fsp3) is 0.800. The Morgan fingerprint density at radius 1 is 1.00 bits per heavy atom. The third kappa shape index (κ3) is 1.48. The number of amidine groups is 2. The van der Waals surface area contributed by atoms with Gasteiger partial charge >= 0.3 is 0 Å². The van der Waals surface area contributed by atoms with Gasteiger partial charge in [0.25, 0.3) is 12.0 Å². The maximum Gasteiger partial charge on any atom is 0.289 e. The topological polar surface area (TPSA) is 67.2 Å². The van der Waals surface area contributed by atoms with Crippen LogP contribution in [0.15, 0.2) is 9.98 Å². The molecule has 0 fully saturated rings. The van der Waals surface area contributed by atoms with Gasteiger partial charge < -0.3 is 20.1 Å². The summed E-state index contributed by atoms with van der Waals surface area (Å²) in [6.45, 7) is 8.93. The number of fused-ring (bicyclic) bond motifs is 1. The lowest BCUT2D eigenvalue weighted by Gasteiger charge is -2.29. The Bertz CT molecular complexity index is 325. The van der Waals surface area contributed by atoms with E-state index in [1.165, 1.54) is 0 Å². The van der Waals surface area contributed by atoms with Gasteiger partial charge in [0.1, 0.15) is 0 Å².